The fourth-order valence-corrected chi connectivity index (χ4v) is 2.35. The lowest BCUT2D eigenvalue weighted by Crippen LogP contribution is -2.28. The van der Waals surface area contributed by atoms with Gasteiger partial charge in [0.15, 0.2) is 5.58 Å². The number of oxazole rings is 1. The molecule has 4 nitrogen and oxygen atoms in total. The Morgan fingerprint density at radius 2 is 2.31 bits per heavy atom. The molecular weight excluding hydrogens is 204 g/mol. The highest BCUT2D eigenvalue weighted by Gasteiger charge is 2.15. The largest absolute Gasteiger partial charge is 0.417 e. The second-order valence-electron chi connectivity index (χ2n) is 4.31. The van der Waals surface area contributed by atoms with E-state index in [1.54, 1.807) is 0 Å². The second kappa shape index (κ2) is 3.79. The van der Waals surface area contributed by atoms with Crippen molar-refractivity contribution in [2.75, 3.05) is 13.1 Å². The average molecular weight is 218 g/mol. The molecule has 84 valence electrons. The van der Waals surface area contributed by atoms with Crippen LogP contribution in [0.4, 0.5) is 0 Å². The predicted molar refractivity (Wildman–Crippen MR) is 61.7 cm³/mol. The Morgan fingerprint density at radius 3 is 3.12 bits per heavy atom. The highest BCUT2D eigenvalue weighted by molar-refractivity contribution is 5.72. The molecule has 0 aliphatic carbocycles. The lowest BCUT2D eigenvalue weighted by atomic mass is 9.91. The lowest BCUT2D eigenvalue weighted by molar-refractivity contribution is 0.461. The summed E-state index contributed by atoms with van der Waals surface area (Å²) in [4.78, 5) is 13.7. The van der Waals surface area contributed by atoms with Crippen LogP contribution in [-0.2, 0) is 0 Å². The minimum atomic E-state index is -0.381. The zero-order valence-corrected chi connectivity index (χ0v) is 8.95. The third kappa shape index (κ3) is 1.65. The van der Waals surface area contributed by atoms with Gasteiger partial charge >= 0.3 is 5.76 Å². The Morgan fingerprint density at radius 1 is 1.38 bits per heavy atom. The summed E-state index contributed by atoms with van der Waals surface area (Å²) in [6, 6.07) is 5.97. The van der Waals surface area contributed by atoms with Gasteiger partial charge in [-0.15, -0.1) is 0 Å². The lowest BCUT2D eigenvalue weighted by Gasteiger charge is -2.22. The van der Waals surface area contributed by atoms with Crippen LogP contribution in [0.5, 0.6) is 0 Å². The minimum absolute atomic E-state index is 0.381. The number of aromatic amines is 1. The predicted octanol–water partition coefficient (Wildman–Crippen LogP) is 1.59. The Hall–Kier alpha value is -1.55. The average Bonchev–Trinajstić information content (AvgIpc) is 2.69. The van der Waals surface area contributed by atoms with E-state index in [-0.39, 0.29) is 5.76 Å². The first-order valence-electron chi connectivity index (χ1n) is 5.66. The highest BCUT2D eigenvalue weighted by atomic mass is 16.4. The molecule has 1 aliphatic rings. The van der Waals surface area contributed by atoms with E-state index in [9.17, 15) is 4.79 Å². The molecule has 1 aliphatic heterocycles. The van der Waals surface area contributed by atoms with Crippen molar-refractivity contribution in [1.29, 1.82) is 0 Å². The molecule has 2 aromatic rings. The van der Waals surface area contributed by atoms with E-state index in [0.717, 1.165) is 18.6 Å². The Kier molecular flexibility index (Phi) is 2.29. The van der Waals surface area contributed by atoms with Gasteiger partial charge in [-0.3, -0.25) is 4.98 Å². The molecule has 0 radical (unpaired) electrons. The summed E-state index contributed by atoms with van der Waals surface area (Å²) >= 11 is 0. The van der Waals surface area contributed by atoms with Crippen molar-refractivity contribution in [3.63, 3.8) is 0 Å². The van der Waals surface area contributed by atoms with Gasteiger partial charge in [0.1, 0.15) is 0 Å². The molecule has 1 aromatic carbocycles. The van der Waals surface area contributed by atoms with Crippen LogP contribution in [0.1, 0.15) is 24.3 Å². The standard InChI is InChI=1S/C12H14N2O2/c15-12-14-10-4-3-8(6-11(10)16-12)9-2-1-5-13-7-9/h3-4,6,9,13H,1-2,5,7H2,(H,14,15). The second-order valence-corrected chi connectivity index (χ2v) is 4.31. The van der Waals surface area contributed by atoms with E-state index in [1.807, 2.05) is 12.1 Å². The third-order valence-electron chi connectivity index (χ3n) is 3.21. The van der Waals surface area contributed by atoms with Crippen LogP contribution < -0.4 is 11.1 Å². The maximum absolute atomic E-state index is 11.0. The van der Waals surface area contributed by atoms with Gasteiger partial charge in [-0.05, 0) is 43.0 Å². The summed E-state index contributed by atoms with van der Waals surface area (Å²) in [6.45, 7) is 2.12. The summed E-state index contributed by atoms with van der Waals surface area (Å²) < 4.78 is 5.07. The van der Waals surface area contributed by atoms with Crippen molar-refractivity contribution in [1.82, 2.24) is 10.3 Å². The first kappa shape index (κ1) is 9.66. The van der Waals surface area contributed by atoms with Crippen molar-refractivity contribution in [3.05, 3.63) is 34.3 Å². The molecule has 2 N–H and O–H groups in total. The molecule has 0 bridgehead atoms. The maximum atomic E-state index is 11.0. The van der Waals surface area contributed by atoms with Crippen LogP contribution in [0, 0.1) is 0 Å². The monoisotopic (exact) mass is 218 g/mol. The van der Waals surface area contributed by atoms with Crippen molar-refractivity contribution >= 4 is 11.1 Å². The normalized spacial score (nSPS) is 21.4. The zero-order chi connectivity index (χ0) is 11.0. The van der Waals surface area contributed by atoms with Crippen LogP contribution in [0.15, 0.2) is 27.4 Å². The van der Waals surface area contributed by atoms with Crippen molar-refractivity contribution in [2.45, 2.75) is 18.8 Å². The summed E-state index contributed by atoms with van der Waals surface area (Å²) in [7, 11) is 0. The number of hydrogen-bond acceptors (Lipinski definition) is 3. The smallest absolute Gasteiger partial charge is 0.408 e. The summed E-state index contributed by atoms with van der Waals surface area (Å²) in [6.07, 6.45) is 2.41. The van der Waals surface area contributed by atoms with Gasteiger partial charge in [-0.1, -0.05) is 6.07 Å². The van der Waals surface area contributed by atoms with E-state index in [4.69, 9.17) is 4.42 Å². The van der Waals surface area contributed by atoms with Gasteiger partial charge < -0.3 is 9.73 Å². The maximum Gasteiger partial charge on any atom is 0.417 e. The molecule has 1 saturated heterocycles. The van der Waals surface area contributed by atoms with Crippen LogP contribution >= 0.6 is 0 Å². The van der Waals surface area contributed by atoms with E-state index < -0.39 is 0 Å². The molecule has 4 heteroatoms. The summed E-state index contributed by atoms with van der Waals surface area (Å²) in [5, 5.41) is 3.39. The summed E-state index contributed by atoms with van der Waals surface area (Å²) in [5.74, 6) is 0.160. The highest BCUT2D eigenvalue weighted by Crippen LogP contribution is 2.25. The molecule has 1 atom stereocenters. The first-order chi connectivity index (χ1) is 7.83. The van der Waals surface area contributed by atoms with E-state index >= 15 is 0 Å². The van der Waals surface area contributed by atoms with Gasteiger partial charge in [-0.25, -0.2) is 4.79 Å². The number of hydrogen-bond donors (Lipinski definition) is 2. The number of benzene rings is 1. The minimum Gasteiger partial charge on any atom is -0.408 e. The van der Waals surface area contributed by atoms with E-state index in [1.165, 1.54) is 18.4 Å². The Labute approximate surface area is 92.7 Å². The van der Waals surface area contributed by atoms with Crippen LogP contribution in [0.3, 0.4) is 0 Å². The van der Waals surface area contributed by atoms with Crippen LogP contribution in [-0.4, -0.2) is 18.1 Å². The van der Waals surface area contributed by atoms with Crippen LogP contribution in [0.2, 0.25) is 0 Å². The quantitative estimate of drug-likeness (QED) is 0.764. The van der Waals surface area contributed by atoms with Crippen molar-refractivity contribution in [2.24, 2.45) is 0 Å². The number of fused-ring (bicyclic) bond motifs is 1. The molecule has 1 aromatic heterocycles. The third-order valence-corrected chi connectivity index (χ3v) is 3.21. The number of nitrogens with one attached hydrogen (secondary N) is 2. The SMILES string of the molecule is O=c1[nH]c2ccc(C3CCCNC3)cc2o1. The number of rotatable bonds is 1. The fraction of sp³-hybridized carbons (Fsp3) is 0.417. The molecule has 0 spiro atoms. The first-order valence-corrected chi connectivity index (χ1v) is 5.66. The van der Waals surface area contributed by atoms with Crippen molar-refractivity contribution in [3.8, 4) is 0 Å². The molecule has 0 saturated carbocycles. The Bertz CT molecular complexity index is 549. The van der Waals surface area contributed by atoms with Gasteiger partial charge in [0.25, 0.3) is 0 Å². The van der Waals surface area contributed by atoms with Gasteiger partial charge in [0.05, 0.1) is 5.52 Å². The van der Waals surface area contributed by atoms with Gasteiger partial charge in [-0.2, -0.15) is 0 Å². The molecular formula is C12H14N2O2. The molecule has 0 amide bonds. The van der Waals surface area contributed by atoms with Gasteiger partial charge in [0, 0.05) is 6.54 Å². The van der Waals surface area contributed by atoms with Crippen molar-refractivity contribution < 1.29 is 4.42 Å². The molecule has 16 heavy (non-hydrogen) atoms. The van der Waals surface area contributed by atoms with Crippen LogP contribution in [0.25, 0.3) is 11.1 Å². The van der Waals surface area contributed by atoms with Gasteiger partial charge in [0.2, 0.25) is 0 Å². The molecule has 1 fully saturated rings. The molecule has 1 unspecified atom stereocenters. The summed E-state index contributed by atoms with van der Waals surface area (Å²) in [5.41, 5.74) is 2.69. The Balaban J connectivity index is 2.00. The number of H-pyrrole nitrogens is 1. The fourth-order valence-electron chi connectivity index (χ4n) is 2.35. The number of piperidine rings is 1. The zero-order valence-electron chi connectivity index (χ0n) is 8.95. The molecule has 2 heterocycles. The van der Waals surface area contributed by atoms with E-state index in [0.29, 0.717) is 11.5 Å². The number of aromatic nitrogens is 1. The topological polar surface area (TPSA) is 58.0 Å². The van der Waals surface area contributed by atoms with E-state index in [2.05, 4.69) is 16.4 Å². The molecule has 3 rings (SSSR count).